The Hall–Kier alpha value is -5.12. The van der Waals surface area contributed by atoms with Gasteiger partial charge in [0.15, 0.2) is 6.04 Å². The minimum atomic E-state index is -1.73. The van der Waals surface area contributed by atoms with E-state index in [-0.39, 0.29) is 42.0 Å². The third-order valence-electron chi connectivity index (χ3n) is 5.62. The van der Waals surface area contributed by atoms with Crippen LogP contribution in [-0.2, 0) is 14.4 Å². The van der Waals surface area contributed by atoms with Gasteiger partial charge in [-0.2, -0.15) is 9.45 Å². The van der Waals surface area contributed by atoms with Crippen molar-refractivity contribution in [1.29, 1.82) is 0 Å². The van der Waals surface area contributed by atoms with E-state index in [9.17, 15) is 43.5 Å². The zero-order valence-electron chi connectivity index (χ0n) is 21.4. The number of carbonyl (C=O) groups excluding carboxylic acids is 3. The van der Waals surface area contributed by atoms with E-state index in [0.29, 0.717) is 5.69 Å². The minimum Gasteiger partial charge on any atom is -0.481 e. The molecule has 41 heavy (non-hydrogen) atoms. The Morgan fingerprint density at radius 1 is 0.854 bits per heavy atom. The number of carboxylic acid groups (broad SMARTS) is 3. The summed E-state index contributed by atoms with van der Waals surface area (Å²) in [7, 11) is 0. The first-order valence-corrected chi connectivity index (χ1v) is 12.2. The number of urea groups is 1. The fourth-order valence-corrected chi connectivity index (χ4v) is 3.42. The number of aromatic nitrogens is 1. The van der Waals surface area contributed by atoms with Crippen molar-refractivity contribution in [3.05, 3.63) is 59.7 Å². The van der Waals surface area contributed by atoms with Crippen LogP contribution in [0.4, 0.5) is 14.9 Å². The normalized spacial score (nSPS) is 12.0. The molecule has 2 aromatic rings. The number of hydrogen-bond acceptors (Lipinski definition) is 8. The van der Waals surface area contributed by atoms with Crippen molar-refractivity contribution in [1.82, 2.24) is 20.7 Å². The number of halogens is 1. The van der Waals surface area contributed by atoms with E-state index in [4.69, 9.17) is 10.2 Å². The molecule has 0 aliphatic rings. The fraction of sp³-hybridized carbons (Fsp3) is 0.320. The van der Waals surface area contributed by atoms with Crippen molar-refractivity contribution in [2.75, 3.05) is 11.9 Å². The number of hydroxylamine groups is 2. The lowest BCUT2D eigenvalue weighted by atomic mass is 10.1. The van der Waals surface area contributed by atoms with Gasteiger partial charge in [-0.15, -0.1) is 0 Å². The first-order chi connectivity index (χ1) is 19.4. The maximum absolute atomic E-state index is 12.9. The molecule has 0 bridgehead atoms. The number of rotatable bonds is 15. The molecule has 4 amide bonds. The zero-order valence-corrected chi connectivity index (χ0v) is 21.4. The standard InChI is InChI=1S/C25H28FN5O10/c26-19-10-6-15(13-28-19)22(35)29-16-7-4-14(5-8-16)21(34)27-12-2-1-3-18(24(38)39)31(41)25(40)30-17(23(36)37)9-11-20(32)33/h4-8,10,13,17-18,41H,1-3,9,11-12H2,(H,27,34)(H,29,35)(H,30,40)(H,32,33)(H,36,37)(H,38,39)/t17-,18-/m0/s1. The van der Waals surface area contributed by atoms with Crippen LogP contribution in [0.2, 0.25) is 0 Å². The highest BCUT2D eigenvalue weighted by Gasteiger charge is 2.31. The summed E-state index contributed by atoms with van der Waals surface area (Å²) in [6.45, 7) is 0.120. The van der Waals surface area contributed by atoms with Crippen LogP contribution in [0.1, 0.15) is 52.8 Å². The van der Waals surface area contributed by atoms with E-state index in [2.05, 4.69) is 15.6 Å². The van der Waals surface area contributed by atoms with Crippen LogP contribution in [0.3, 0.4) is 0 Å². The number of benzene rings is 1. The molecule has 15 nitrogen and oxygen atoms in total. The summed E-state index contributed by atoms with van der Waals surface area (Å²) < 4.78 is 12.9. The molecule has 0 fully saturated rings. The number of anilines is 1. The number of unbranched alkanes of at least 4 members (excludes halogenated alkanes) is 1. The summed E-state index contributed by atoms with van der Waals surface area (Å²) >= 11 is 0. The van der Waals surface area contributed by atoms with E-state index < -0.39 is 66.6 Å². The third kappa shape index (κ3) is 10.5. The zero-order chi connectivity index (χ0) is 30.5. The van der Waals surface area contributed by atoms with E-state index in [0.717, 1.165) is 12.3 Å². The molecule has 2 atom stereocenters. The summed E-state index contributed by atoms with van der Waals surface area (Å²) in [5.41, 5.74) is 0.789. The molecule has 0 radical (unpaired) electrons. The van der Waals surface area contributed by atoms with Gasteiger partial charge in [0.2, 0.25) is 5.95 Å². The van der Waals surface area contributed by atoms with Gasteiger partial charge < -0.3 is 31.3 Å². The number of nitrogens with one attached hydrogen (secondary N) is 3. The number of amides is 4. The SMILES string of the molecule is O=C(O)CC[C@H](NC(=O)N(O)[C@@H](CCCCNC(=O)c1ccc(NC(=O)c2ccc(F)nc2)cc1)C(=O)O)C(=O)O. The lowest BCUT2D eigenvalue weighted by Gasteiger charge is -2.24. The van der Waals surface area contributed by atoms with Crippen molar-refractivity contribution in [3.8, 4) is 0 Å². The maximum Gasteiger partial charge on any atom is 0.342 e. The highest BCUT2D eigenvalue weighted by molar-refractivity contribution is 6.04. The Labute approximate surface area is 231 Å². The molecule has 0 unspecified atom stereocenters. The van der Waals surface area contributed by atoms with Gasteiger partial charge in [0.05, 0.1) is 5.56 Å². The number of aliphatic carboxylic acids is 3. The van der Waals surface area contributed by atoms with Crippen LogP contribution in [0.5, 0.6) is 0 Å². The molecule has 0 spiro atoms. The second-order valence-electron chi connectivity index (χ2n) is 8.62. The van der Waals surface area contributed by atoms with Gasteiger partial charge in [-0.05, 0) is 62.1 Å². The number of hydrogen-bond donors (Lipinski definition) is 7. The molecule has 0 saturated carbocycles. The Morgan fingerprint density at radius 3 is 2.07 bits per heavy atom. The van der Waals surface area contributed by atoms with Gasteiger partial charge in [-0.1, -0.05) is 0 Å². The summed E-state index contributed by atoms with van der Waals surface area (Å²) in [5, 5.41) is 44.1. The highest BCUT2D eigenvalue weighted by Crippen LogP contribution is 2.13. The van der Waals surface area contributed by atoms with Gasteiger partial charge in [-0.3, -0.25) is 19.6 Å². The van der Waals surface area contributed by atoms with E-state index in [1.807, 2.05) is 5.32 Å². The van der Waals surface area contributed by atoms with E-state index in [1.54, 1.807) is 0 Å². The van der Waals surface area contributed by atoms with E-state index in [1.165, 1.54) is 30.3 Å². The summed E-state index contributed by atoms with van der Waals surface area (Å²) in [6, 6.07) is 3.39. The average molecular weight is 578 g/mol. The minimum absolute atomic E-state index is 0.120. The van der Waals surface area contributed by atoms with Crippen molar-refractivity contribution < 1.29 is 53.7 Å². The molecular formula is C25H28FN5O10. The van der Waals surface area contributed by atoms with Crippen LogP contribution >= 0.6 is 0 Å². The lowest BCUT2D eigenvalue weighted by molar-refractivity contribution is -0.157. The number of nitrogens with zero attached hydrogens (tertiary/aromatic N) is 2. The first kappa shape index (κ1) is 32.1. The Morgan fingerprint density at radius 2 is 1.51 bits per heavy atom. The van der Waals surface area contributed by atoms with Crippen LogP contribution in [-0.4, -0.2) is 85.0 Å². The first-order valence-electron chi connectivity index (χ1n) is 12.2. The predicted octanol–water partition coefficient (Wildman–Crippen LogP) is 1.55. The number of carbonyl (C=O) groups is 6. The van der Waals surface area contributed by atoms with Gasteiger partial charge in [0.25, 0.3) is 11.8 Å². The van der Waals surface area contributed by atoms with Crippen LogP contribution in [0.25, 0.3) is 0 Å². The number of pyridine rings is 1. The van der Waals surface area contributed by atoms with Crippen LogP contribution in [0.15, 0.2) is 42.6 Å². The van der Waals surface area contributed by atoms with Crippen molar-refractivity contribution in [2.24, 2.45) is 0 Å². The molecular weight excluding hydrogens is 549 g/mol. The van der Waals surface area contributed by atoms with Crippen molar-refractivity contribution in [2.45, 2.75) is 44.2 Å². The largest absolute Gasteiger partial charge is 0.481 e. The second kappa shape index (κ2) is 15.5. The molecule has 7 N–H and O–H groups in total. The van der Waals surface area contributed by atoms with Crippen molar-refractivity contribution >= 4 is 41.4 Å². The summed E-state index contributed by atoms with van der Waals surface area (Å²) in [4.78, 5) is 73.5. The molecule has 1 aromatic carbocycles. The molecule has 0 aliphatic carbocycles. The maximum atomic E-state index is 12.9. The molecule has 16 heteroatoms. The molecule has 0 aliphatic heterocycles. The third-order valence-corrected chi connectivity index (χ3v) is 5.62. The second-order valence-corrected chi connectivity index (χ2v) is 8.62. The monoisotopic (exact) mass is 577 g/mol. The van der Waals surface area contributed by atoms with E-state index >= 15 is 0 Å². The van der Waals surface area contributed by atoms with Crippen LogP contribution in [0, 0.1) is 5.95 Å². The lowest BCUT2D eigenvalue weighted by Crippen LogP contribution is -2.52. The molecule has 2 rings (SSSR count). The Kier molecular flexibility index (Phi) is 12.1. The molecule has 1 heterocycles. The highest BCUT2D eigenvalue weighted by atomic mass is 19.1. The number of carboxylic acids is 3. The van der Waals surface area contributed by atoms with Gasteiger partial charge >= 0.3 is 23.9 Å². The predicted molar refractivity (Wildman–Crippen MR) is 137 cm³/mol. The van der Waals surface area contributed by atoms with Crippen molar-refractivity contribution in [3.63, 3.8) is 0 Å². The Balaban J connectivity index is 1.79. The molecule has 1 aromatic heterocycles. The Bertz CT molecular complexity index is 1260. The van der Waals surface area contributed by atoms with Gasteiger partial charge in [-0.25, -0.2) is 19.4 Å². The summed E-state index contributed by atoms with van der Waals surface area (Å²) in [5.74, 6) is -6.12. The molecule has 220 valence electrons. The summed E-state index contributed by atoms with van der Waals surface area (Å²) in [6.07, 6.45) is 0.199. The quantitative estimate of drug-likeness (QED) is 0.0694. The topological polar surface area (TPSA) is 236 Å². The fourth-order valence-electron chi connectivity index (χ4n) is 3.42. The van der Waals surface area contributed by atoms with Crippen LogP contribution < -0.4 is 16.0 Å². The average Bonchev–Trinajstić information content (AvgIpc) is 2.92. The smallest absolute Gasteiger partial charge is 0.342 e. The molecule has 0 saturated heterocycles. The van der Waals surface area contributed by atoms with Gasteiger partial charge in [0.1, 0.15) is 6.04 Å². The van der Waals surface area contributed by atoms with Gasteiger partial charge in [0, 0.05) is 30.4 Å².